The Labute approximate surface area is 106 Å². The molecule has 0 amide bonds. The number of nitrogens with two attached hydrogens (primary N) is 1. The lowest BCUT2D eigenvalue weighted by Crippen LogP contribution is -2.52. The van der Waals surface area contributed by atoms with Crippen molar-refractivity contribution in [2.24, 2.45) is 23.5 Å². The maximum absolute atomic E-state index is 6.64. The van der Waals surface area contributed by atoms with Gasteiger partial charge in [0.05, 0.1) is 0 Å². The van der Waals surface area contributed by atoms with Gasteiger partial charge < -0.3 is 10.6 Å². The van der Waals surface area contributed by atoms with Gasteiger partial charge in [0.15, 0.2) is 0 Å². The fraction of sp³-hybridized carbons (Fsp3) is 1.00. The molecule has 2 nitrogen and oxygen atoms in total. The molecule has 3 aliphatic rings. The summed E-state index contributed by atoms with van der Waals surface area (Å²) in [7, 11) is 0. The van der Waals surface area contributed by atoms with Crippen LogP contribution in [0.2, 0.25) is 0 Å². The molecule has 0 aromatic heterocycles. The largest absolute Gasteiger partial charge is 0.324 e. The molecule has 2 heteroatoms. The number of nitrogens with zero attached hydrogens (tertiary/aromatic N) is 1. The van der Waals surface area contributed by atoms with Crippen LogP contribution in [0, 0.1) is 17.8 Å². The summed E-state index contributed by atoms with van der Waals surface area (Å²) in [6, 6.07) is 0. The lowest BCUT2D eigenvalue weighted by Gasteiger charge is -2.39. The van der Waals surface area contributed by atoms with Crippen LogP contribution in [-0.4, -0.2) is 30.1 Å². The predicted molar refractivity (Wildman–Crippen MR) is 71.8 cm³/mol. The van der Waals surface area contributed by atoms with Crippen LogP contribution in [0.5, 0.6) is 0 Å². The summed E-state index contributed by atoms with van der Waals surface area (Å²) in [6.45, 7) is 6.24. The molecule has 0 radical (unpaired) electrons. The minimum Gasteiger partial charge on any atom is -0.324 e. The second-order valence-electron chi connectivity index (χ2n) is 7.21. The van der Waals surface area contributed by atoms with Crippen LogP contribution in [0.4, 0.5) is 0 Å². The van der Waals surface area contributed by atoms with E-state index in [1.807, 2.05) is 0 Å². The van der Waals surface area contributed by atoms with E-state index in [1.165, 1.54) is 64.6 Å². The van der Waals surface area contributed by atoms with E-state index in [1.54, 1.807) is 0 Å². The number of hydrogen-bond donors (Lipinski definition) is 1. The van der Waals surface area contributed by atoms with Crippen molar-refractivity contribution in [2.75, 3.05) is 19.6 Å². The van der Waals surface area contributed by atoms with Gasteiger partial charge in [-0.2, -0.15) is 0 Å². The lowest BCUT2D eigenvalue weighted by atomic mass is 9.77. The van der Waals surface area contributed by atoms with E-state index in [4.69, 9.17) is 5.73 Å². The summed E-state index contributed by atoms with van der Waals surface area (Å²) in [5.74, 6) is 2.87. The molecule has 0 aromatic rings. The summed E-state index contributed by atoms with van der Waals surface area (Å²) in [5.41, 5.74) is 6.77. The Balaban J connectivity index is 1.56. The fourth-order valence-corrected chi connectivity index (χ4v) is 4.75. The highest BCUT2D eigenvalue weighted by molar-refractivity contribution is 4.96. The molecule has 3 rings (SSSR count). The van der Waals surface area contributed by atoms with E-state index < -0.39 is 0 Å². The van der Waals surface area contributed by atoms with Gasteiger partial charge in [-0.15, -0.1) is 0 Å². The quantitative estimate of drug-likeness (QED) is 0.798. The van der Waals surface area contributed by atoms with E-state index in [0.29, 0.717) is 0 Å². The molecule has 1 aliphatic heterocycles. The van der Waals surface area contributed by atoms with Gasteiger partial charge >= 0.3 is 0 Å². The van der Waals surface area contributed by atoms with E-state index in [-0.39, 0.29) is 5.54 Å². The van der Waals surface area contributed by atoms with Gasteiger partial charge in [-0.1, -0.05) is 26.2 Å². The van der Waals surface area contributed by atoms with Crippen LogP contribution in [-0.2, 0) is 0 Å². The highest BCUT2D eigenvalue weighted by Gasteiger charge is 2.40. The average Bonchev–Trinajstić information content (AvgIpc) is 2.76. The Kier molecular flexibility index (Phi) is 3.20. The Morgan fingerprint density at radius 1 is 1.12 bits per heavy atom. The van der Waals surface area contributed by atoms with E-state index >= 15 is 0 Å². The molecule has 2 N–H and O–H groups in total. The van der Waals surface area contributed by atoms with Gasteiger partial charge in [-0.05, 0) is 43.4 Å². The van der Waals surface area contributed by atoms with Crippen molar-refractivity contribution in [3.05, 3.63) is 0 Å². The van der Waals surface area contributed by atoms with Gasteiger partial charge in [0.25, 0.3) is 0 Å². The van der Waals surface area contributed by atoms with Crippen LogP contribution in [0.1, 0.15) is 51.9 Å². The third-order valence-electron chi connectivity index (χ3n) is 5.47. The van der Waals surface area contributed by atoms with Crippen molar-refractivity contribution in [3.8, 4) is 0 Å². The normalized spacial score (nSPS) is 47.3. The van der Waals surface area contributed by atoms with Gasteiger partial charge in [0.1, 0.15) is 0 Å². The molecular weight excluding hydrogens is 208 g/mol. The zero-order valence-electron chi connectivity index (χ0n) is 11.3. The second-order valence-corrected chi connectivity index (χ2v) is 7.21. The van der Waals surface area contributed by atoms with Crippen molar-refractivity contribution < 1.29 is 0 Å². The summed E-state index contributed by atoms with van der Waals surface area (Å²) in [5, 5.41) is 0. The zero-order chi connectivity index (χ0) is 11.9. The highest BCUT2D eigenvalue weighted by atomic mass is 15.2. The third kappa shape index (κ3) is 2.53. The summed E-state index contributed by atoms with van der Waals surface area (Å²) >= 11 is 0. The maximum atomic E-state index is 6.64. The molecule has 4 atom stereocenters. The molecular formula is C15H28N2. The summed E-state index contributed by atoms with van der Waals surface area (Å²) < 4.78 is 0. The van der Waals surface area contributed by atoms with Crippen molar-refractivity contribution in [3.63, 3.8) is 0 Å². The molecule has 0 bridgehead atoms. The van der Waals surface area contributed by atoms with Gasteiger partial charge in [-0.25, -0.2) is 0 Å². The Morgan fingerprint density at radius 3 is 2.47 bits per heavy atom. The zero-order valence-corrected chi connectivity index (χ0v) is 11.3. The molecule has 2 aliphatic carbocycles. The van der Waals surface area contributed by atoms with Crippen LogP contribution in [0.25, 0.3) is 0 Å². The third-order valence-corrected chi connectivity index (χ3v) is 5.47. The number of likely N-dealkylation sites (tertiary alicyclic amines) is 1. The Hall–Kier alpha value is -0.0800. The standard InChI is InChI=1S/C15H28N2/c1-12-4-3-7-15(16,8-12)11-17-9-13-5-2-6-14(13)10-17/h12-14H,2-11,16H2,1H3. The molecule has 2 saturated carbocycles. The summed E-state index contributed by atoms with van der Waals surface area (Å²) in [4.78, 5) is 2.69. The molecule has 0 spiro atoms. The monoisotopic (exact) mass is 236 g/mol. The first-order valence-corrected chi connectivity index (χ1v) is 7.66. The highest BCUT2D eigenvalue weighted by Crippen LogP contribution is 2.39. The summed E-state index contributed by atoms with van der Waals surface area (Å²) in [6.07, 6.45) is 9.68. The van der Waals surface area contributed by atoms with E-state index in [9.17, 15) is 0 Å². The fourth-order valence-electron chi connectivity index (χ4n) is 4.75. The lowest BCUT2D eigenvalue weighted by molar-refractivity contribution is 0.162. The SMILES string of the molecule is CC1CCCC(N)(CN2CC3CCCC3C2)C1. The number of rotatable bonds is 2. The molecule has 4 unspecified atom stereocenters. The van der Waals surface area contributed by atoms with E-state index in [2.05, 4.69) is 11.8 Å². The first-order valence-electron chi connectivity index (χ1n) is 7.66. The minimum absolute atomic E-state index is 0.135. The smallest absolute Gasteiger partial charge is 0.0285 e. The average molecular weight is 236 g/mol. The number of fused-ring (bicyclic) bond motifs is 1. The van der Waals surface area contributed by atoms with Gasteiger partial charge in [0, 0.05) is 25.2 Å². The Morgan fingerprint density at radius 2 is 1.82 bits per heavy atom. The van der Waals surface area contributed by atoms with Crippen molar-refractivity contribution in [2.45, 2.75) is 57.4 Å². The first kappa shape index (κ1) is 12.0. The van der Waals surface area contributed by atoms with Crippen LogP contribution in [0.15, 0.2) is 0 Å². The van der Waals surface area contributed by atoms with Crippen LogP contribution < -0.4 is 5.73 Å². The van der Waals surface area contributed by atoms with Crippen molar-refractivity contribution >= 4 is 0 Å². The van der Waals surface area contributed by atoms with E-state index in [0.717, 1.165) is 17.8 Å². The van der Waals surface area contributed by atoms with Crippen LogP contribution in [0.3, 0.4) is 0 Å². The topological polar surface area (TPSA) is 29.3 Å². The molecule has 1 saturated heterocycles. The first-order chi connectivity index (χ1) is 8.15. The molecule has 1 heterocycles. The van der Waals surface area contributed by atoms with Gasteiger partial charge in [-0.3, -0.25) is 0 Å². The molecule has 3 fully saturated rings. The second kappa shape index (κ2) is 4.55. The maximum Gasteiger partial charge on any atom is 0.0285 e. The van der Waals surface area contributed by atoms with Crippen molar-refractivity contribution in [1.82, 2.24) is 4.90 Å². The van der Waals surface area contributed by atoms with Crippen LogP contribution >= 0.6 is 0 Å². The van der Waals surface area contributed by atoms with Crippen molar-refractivity contribution in [1.29, 1.82) is 0 Å². The minimum atomic E-state index is 0.135. The molecule has 17 heavy (non-hydrogen) atoms. The molecule has 0 aromatic carbocycles. The predicted octanol–water partition coefficient (Wildman–Crippen LogP) is 2.63. The molecule has 98 valence electrons. The number of hydrogen-bond acceptors (Lipinski definition) is 2. The van der Waals surface area contributed by atoms with Gasteiger partial charge in [0.2, 0.25) is 0 Å². The Bertz CT molecular complexity index is 266.